The van der Waals surface area contributed by atoms with E-state index in [9.17, 15) is 18.0 Å². The van der Waals surface area contributed by atoms with Gasteiger partial charge in [-0.2, -0.15) is 13.2 Å². The first kappa shape index (κ1) is 17.6. The molecule has 0 aromatic rings. The minimum absolute atomic E-state index is 0.0590. The van der Waals surface area contributed by atoms with Crippen molar-refractivity contribution in [1.82, 2.24) is 5.32 Å². The summed E-state index contributed by atoms with van der Waals surface area (Å²) in [6.07, 6.45) is -2.10. The van der Waals surface area contributed by atoms with Crippen LogP contribution in [0.2, 0.25) is 0 Å². The van der Waals surface area contributed by atoms with Crippen molar-refractivity contribution in [2.75, 3.05) is 5.88 Å². The maximum Gasteiger partial charge on any atom is 0.392 e. The second-order valence-electron chi connectivity index (χ2n) is 5.88. The van der Waals surface area contributed by atoms with Crippen LogP contribution in [-0.2, 0) is 4.79 Å². The highest BCUT2D eigenvalue weighted by molar-refractivity contribution is 6.17. The Labute approximate surface area is 123 Å². The van der Waals surface area contributed by atoms with E-state index < -0.39 is 23.9 Å². The molecular formula is C14H23ClF3NO. The minimum atomic E-state index is -4.29. The monoisotopic (exact) mass is 313 g/mol. The van der Waals surface area contributed by atoms with Gasteiger partial charge in [-0.25, -0.2) is 0 Å². The van der Waals surface area contributed by atoms with Crippen molar-refractivity contribution in [3.05, 3.63) is 0 Å². The van der Waals surface area contributed by atoms with Crippen molar-refractivity contribution in [3.63, 3.8) is 0 Å². The van der Waals surface area contributed by atoms with Gasteiger partial charge in [0.2, 0.25) is 5.91 Å². The molecule has 118 valence electrons. The number of amides is 1. The SMILES string of the molecule is CC(C)C(CCCl)NC(=O)C1CCCCC1C(F)(F)F. The largest absolute Gasteiger partial charge is 0.392 e. The summed E-state index contributed by atoms with van der Waals surface area (Å²) >= 11 is 5.68. The molecule has 0 aliphatic heterocycles. The predicted molar refractivity (Wildman–Crippen MR) is 73.6 cm³/mol. The fourth-order valence-electron chi connectivity index (χ4n) is 2.82. The highest BCUT2D eigenvalue weighted by Crippen LogP contribution is 2.41. The molecule has 1 aliphatic rings. The molecule has 0 aromatic carbocycles. The molecule has 1 saturated carbocycles. The number of alkyl halides is 4. The zero-order valence-corrected chi connectivity index (χ0v) is 12.7. The van der Waals surface area contributed by atoms with Crippen molar-refractivity contribution in [3.8, 4) is 0 Å². The molecule has 1 amide bonds. The van der Waals surface area contributed by atoms with E-state index in [-0.39, 0.29) is 18.4 Å². The van der Waals surface area contributed by atoms with Crippen molar-refractivity contribution >= 4 is 17.5 Å². The van der Waals surface area contributed by atoms with E-state index in [0.29, 0.717) is 31.6 Å². The summed E-state index contributed by atoms with van der Waals surface area (Å²) in [5.41, 5.74) is 0. The van der Waals surface area contributed by atoms with Crippen molar-refractivity contribution in [2.45, 2.75) is 58.2 Å². The van der Waals surface area contributed by atoms with E-state index in [1.807, 2.05) is 13.8 Å². The van der Waals surface area contributed by atoms with Crippen LogP contribution in [0.25, 0.3) is 0 Å². The number of carbonyl (C=O) groups excluding carboxylic acids is 1. The van der Waals surface area contributed by atoms with Gasteiger partial charge in [0.15, 0.2) is 0 Å². The zero-order chi connectivity index (χ0) is 15.3. The highest BCUT2D eigenvalue weighted by atomic mass is 35.5. The van der Waals surface area contributed by atoms with Crippen LogP contribution in [0, 0.1) is 17.8 Å². The molecule has 0 saturated heterocycles. The van der Waals surface area contributed by atoms with Gasteiger partial charge in [-0.05, 0) is 25.2 Å². The normalized spacial score (nSPS) is 25.6. The van der Waals surface area contributed by atoms with Crippen LogP contribution < -0.4 is 5.32 Å². The van der Waals surface area contributed by atoms with Crippen LogP contribution in [0.4, 0.5) is 13.2 Å². The van der Waals surface area contributed by atoms with Crippen molar-refractivity contribution in [2.24, 2.45) is 17.8 Å². The molecule has 1 aliphatic carbocycles. The third-order valence-electron chi connectivity index (χ3n) is 4.08. The van der Waals surface area contributed by atoms with Gasteiger partial charge in [0.1, 0.15) is 0 Å². The summed E-state index contributed by atoms with van der Waals surface area (Å²) in [4.78, 5) is 12.2. The van der Waals surface area contributed by atoms with E-state index in [2.05, 4.69) is 5.32 Å². The molecule has 6 heteroatoms. The third kappa shape index (κ3) is 4.83. The molecule has 0 heterocycles. The highest BCUT2D eigenvalue weighted by Gasteiger charge is 2.48. The Morgan fingerprint density at radius 2 is 1.90 bits per heavy atom. The van der Waals surface area contributed by atoms with Crippen LogP contribution in [0.5, 0.6) is 0 Å². The molecule has 3 atom stereocenters. The average Bonchev–Trinajstić information content (AvgIpc) is 2.37. The fourth-order valence-corrected chi connectivity index (χ4v) is 3.05. The first-order valence-electron chi connectivity index (χ1n) is 7.20. The van der Waals surface area contributed by atoms with Gasteiger partial charge >= 0.3 is 6.18 Å². The number of halogens is 4. The lowest BCUT2D eigenvalue weighted by Crippen LogP contribution is -2.47. The van der Waals surface area contributed by atoms with E-state index in [1.54, 1.807) is 0 Å². The second kappa shape index (κ2) is 7.53. The Morgan fingerprint density at radius 1 is 1.30 bits per heavy atom. The zero-order valence-electron chi connectivity index (χ0n) is 12.0. The van der Waals surface area contributed by atoms with Gasteiger partial charge in [-0.3, -0.25) is 4.79 Å². The number of carbonyl (C=O) groups is 1. The van der Waals surface area contributed by atoms with Gasteiger partial charge in [0.05, 0.1) is 5.92 Å². The maximum atomic E-state index is 13.0. The van der Waals surface area contributed by atoms with Crippen LogP contribution in [-0.4, -0.2) is 24.0 Å². The second-order valence-corrected chi connectivity index (χ2v) is 6.25. The number of hydrogen-bond acceptors (Lipinski definition) is 1. The summed E-state index contributed by atoms with van der Waals surface area (Å²) in [6.45, 7) is 3.86. The summed E-state index contributed by atoms with van der Waals surface area (Å²) in [6, 6.07) is -0.157. The topological polar surface area (TPSA) is 29.1 Å². The lowest BCUT2D eigenvalue weighted by Gasteiger charge is -2.33. The number of rotatable bonds is 5. The smallest absolute Gasteiger partial charge is 0.353 e. The molecule has 3 unspecified atom stereocenters. The molecule has 0 radical (unpaired) electrons. The molecule has 0 bridgehead atoms. The summed E-state index contributed by atoms with van der Waals surface area (Å²) in [7, 11) is 0. The van der Waals surface area contributed by atoms with Crippen LogP contribution >= 0.6 is 11.6 Å². The molecule has 0 aromatic heterocycles. The molecule has 20 heavy (non-hydrogen) atoms. The Morgan fingerprint density at radius 3 is 2.40 bits per heavy atom. The van der Waals surface area contributed by atoms with Gasteiger partial charge in [-0.1, -0.05) is 26.7 Å². The van der Waals surface area contributed by atoms with Crippen molar-refractivity contribution in [1.29, 1.82) is 0 Å². The Balaban J connectivity index is 2.72. The van der Waals surface area contributed by atoms with Gasteiger partial charge in [0, 0.05) is 17.8 Å². The van der Waals surface area contributed by atoms with E-state index in [0.717, 1.165) is 0 Å². The number of hydrogen-bond donors (Lipinski definition) is 1. The molecule has 1 rings (SSSR count). The lowest BCUT2D eigenvalue weighted by molar-refractivity contribution is -0.198. The molecule has 1 N–H and O–H groups in total. The Bertz CT molecular complexity index is 320. The van der Waals surface area contributed by atoms with E-state index >= 15 is 0 Å². The lowest BCUT2D eigenvalue weighted by atomic mass is 9.78. The van der Waals surface area contributed by atoms with E-state index in [4.69, 9.17) is 11.6 Å². The number of nitrogens with one attached hydrogen (secondary N) is 1. The average molecular weight is 314 g/mol. The Hall–Kier alpha value is -0.450. The summed E-state index contributed by atoms with van der Waals surface area (Å²) in [5.74, 6) is -2.36. The summed E-state index contributed by atoms with van der Waals surface area (Å²) < 4.78 is 39.0. The van der Waals surface area contributed by atoms with Crippen LogP contribution in [0.3, 0.4) is 0 Å². The molecular weight excluding hydrogens is 291 g/mol. The maximum absolute atomic E-state index is 13.0. The van der Waals surface area contributed by atoms with Gasteiger partial charge < -0.3 is 5.32 Å². The standard InChI is InChI=1S/C14H23ClF3NO/c1-9(2)12(7-8-15)19-13(20)10-5-3-4-6-11(10)14(16,17)18/h9-12H,3-8H2,1-2H3,(H,19,20). The molecule has 2 nitrogen and oxygen atoms in total. The quantitative estimate of drug-likeness (QED) is 0.760. The van der Waals surface area contributed by atoms with Crippen LogP contribution in [0.15, 0.2) is 0 Å². The first-order chi connectivity index (χ1) is 9.27. The summed E-state index contributed by atoms with van der Waals surface area (Å²) in [5, 5.41) is 2.77. The van der Waals surface area contributed by atoms with Gasteiger partial charge in [-0.15, -0.1) is 11.6 Å². The minimum Gasteiger partial charge on any atom is -0.353 e. The molecule has 0 spiro atoms. The fraction of sp³-hybridized carbons (Fsp3) is 0.929. The third-order valence-corrected chi connectivity index (χ3v) is 4.29. The van der Waals surface area contributed by atoms with Gasteiger partial charge in [0.25, 0.3) is 0 Å². The van der Waals surface area contributed by atoms with E-state index in [1.165, 1.54) is 0 Å². The van der Waals surface area contributed by atoms with Crippen LogP contribution in [0.1, 0.15) is 46.0 Å². The predicted octanol–water partition coefficient (Wildman–Crippen LogP) is 4.12. The first-order valence-corrected chi connectivity index (χ1v) is 7.73. The van der Waals surface area contributed by atoms with Crippen molar-refractivity contribution < 1.29 is 18.0 Å². The molecule has 1 fully saturated rings. The Kier molecular flexibility index (Phi) is 6.62.